The van der Waals surface area contributed by atoms with Crippen LogP contribution in [0.4, 0.5) is 0 Å². The van der Waals surface area contributed by atoms with E-state index in [1.165, 1.54) is 64.7 Å². The number of hydrogen-bond acceptors (Lipinski definition) is 2. The van der Waals surface area contributed by atoms with Crippen molar-refractivity contribution in [2.45, 2.75) is 98.8 Å². The van der Waals surface area contributed by atoms with E-state index in [-0.39, 0.29) is 5.97 Å². The summed E-state index contributed by atoms with van der Waals surface area (Å²) in [5.74, 6) is 0.0190. The molecule has 0 radical (unpaired) electrons. The van der Waals surface area contributed by atoms with Gasteiger partial charge in [0, 0.05) is 0 Å². The molecule has 0 saturated heterocycles. The third-order valence-electron chi connectivity index (χ3n) is 5.41. The van der Waals surface area contributed by atoms with Gasteiger partial charge in [-0.1, -0.05) is 0 Å². The Balaban J connectivity index is 3.15. The third-order valence-corrected chi connectivity index (χ3v) is 21.9. The molecule has 0 spiro atoms. The van der Waals surface area contributed by atoms with Crippen LogP contribution in [0, 0.1) is 0 Å². The molecular weight excluding hydrogens is 391 g/mol. The Labute approximate surface area is 148 Å². The summed E-state index contributed by atoms with van der Waals surface area (Å²) in [4.78, 5) is 12.5. The van der Waals surface area contributed by atoms with Gasteiger partial charge in [-0.2, -0.15) is 0 Å². The maximum atomic E-state index is 12.5. The van der Waals surface area contributed by atoms with Crippen LogP contribution in [0.5, 0.6) is 0 Å². The van der Waals surface area contributed by atoms with Gasteiger partial charge in [-0.25, -0.2) is 0 Å². The van der Waals surface area contributed by atoms with Crippen LogP contribution in [-0.2, 0) is 9.53 Å². The van der Waals surface area contributed by atoms with Crippen LogP contribution in [0.2, 0.25) is 13.3 Å². The molecule has 23 heavy (non-hydrogen) atoms. The minimum atomic E-state index is -2.41. The first-order valence-electron chi connectivity index (χ1n) is 10.0. The van der Waals surface area contributed by atoms with Gasteiger partial charge in [0.25, 0.3) is 0 Å². The topological polar surface area (TPSA) is 26.3 Å². The molecule has 0 unspecified atom stereocenters. The summed E-state index contributed by atoms with van der Waals surface area (Å²) in [5.41, 5.74) is 1.13. The molecule has 3 heteroatoms. The molecule has 0 atom stereocenters. The van der Waals surface area contributed by atoms with Crippen LogP contribution in [-0.4, -0.2) is 31.0 Å². The number of esters is 1. The van der Waals surface area contributed by atoms with E-state index >= 15 is 0 Å². The second-order valence-corrected chi connectivity index (χ2v) is 20.4. The number of carbonyl (C=O) groups is 1. The molecule has 0 aliphatic heterocycles. The summed E-state index contributed by atoms with van der Waals surface area (Å²) in [6.45, 7) is 9.37. The average molecular weight is 429 g/mol. The van der Waals surface area contributed by atoms with Gasteiger partial charge < -0.3 is 0 Å². The number of carbonyl (C=O) groups excluding carboxylic acids is 1. The Bertz CT molecular complexity index is 365. The van der Waals surface area contributed by atoms with Crippen LogP contribution in [0.1, 0.15) is 85.5 Å². The zero-order chi connectivity index (χ0) is 17.1. The summed E-state index contributed by atoms with van der Waals surface area (Å²) in [6, 6.07) is 0. The van der Waals surface area contributed by atoms with Gasteiger partial charge in [0.15, 0.2) is 0 Å². The van der Waals surface area contributed by atoms with Gasteiger partial charge >= 0.3 is 148 Å². The van der Waals surface area contributed by atoms with Gasteiger partial charge in [0.2, 0.25) is 0 Å². The second-order valence-electron chi connectivity index (χ2n) is 7.12. The van der Waals surface area contributed by atoms with Gasteiger partial charge in [-0.3, -0.25) is 0 Å². The molecule has 1 aliphatic rings. The zero-order valence-electron chi connectivity index (χ0n) is 16.0. The van der Waals surface area contributed by atoms with E-state index in [4.69, 9.17) is 4.74 Å². The van der Waals surface area contributed by atoms with Gasteiger partial charge in [0.1, 0.15) is 0 Å². The van der Waals surface area contributed by atoms with Crippen molar-refractivity contribution in [1.82, 2.24) is 0 Å². The monoisotopic (exact) mass is 430 g/mol. The van der Waals surface area contributed by atoms with E-state index in [0.717, 1.165) is 12.0 Å². The van der Waals surface area contributed by atoms with E-state index < -0.39 is 18.4 Å². The summed E-state index contributed by atoms with van der Waals surface area (Å²) in [5, 5.41) is 0. The Kier molecular flexibility index (Phi) is 10.6. The van der Waals surface area contributed by atoms with E-state index in [2.05, 4.69) is 20.8 Å². The van der Waals surface area contributed by atoms with Gasteiger partial charge in [0.05, 0.1) is 0 Å². The zero-order valence-corrected chi connectivity index (χ0v) is 18.9. The van der Waals surface area contributed by atoms with Crippen LogP contribution in [0.25, 0.3) is 0 Å². The number of rotatable bonds is 12. The molecule has 1 aliphatic carbocycles. The number of hydrogen-bond donors (Lipinski definition) is 0. The molecule has 0 aromatic rings. The van der Waals surface area contributed by atoms with Crippen LogP contribution in [0.3, 0.4) is 0 Å². The molecule has 0 N–H and O–H groups in total. The van der Waals surface area contributed by atoms with Crippen molar-refractivity contribution in [2.24, 2.45) is 0 Å². The Morgan fingerprint density at radius 3 is 1.87 bits per heavy atom. The minimum absolute atomic E-state index is 0.0190. The van der Waals surface area contributed by atoms with Gasteiger partial charge in [-0.15, -0.1) is 0 Å². The Morgan fingerprint density at radius 2 is 1.43 bits per heavy atom. The maximum absolute atomic E-state index is 12.5. The first kappa shape index (κ1) is 21.1. The average Bonchev–Trinajstić information content (AvgIpc) is 3.05. The van der Waals surface area contributed by atoms with Crippen LogP contribution in [0.15, 0.2) is 9.16 Å². The number of unbranched alkanes of at least 4 members (excludes halogenated alkanes) is 3. The predicted molar refractivity (Wildman–Crippen MR) is 102 cm³/mol. The predicted octanol–water partition coefficient (Wildman–Crippen LogP) is 6.42. The fraction of sp³-hybridized carbons (Fsp3) is 0.850. The fourth-order valence-electron chi connectivity index (χ4n) is 4.15. The van der Waals surface area contributed by atoms with Crippen LogP contribution < -0.4 is 0 Å². The molecule has 2 nitrogen and oxygen atoms in total. The summed E-state index contributed by atoms with van der Waals surface area (Å²) < 4.78 is 11.5. The van der Waals surface area contributed by atoms with Gasteiger partial charge in [-0.05, 0) is 0 Å². The summed E-state index contributed by atoms with van der Waals surface area (Å²) >= 11 is -2.41. The Morgan fingerprint density at radius 1 is 0.913 bits per heavy atom. The standard InChI is InChI=1S/C8H11O2.3C4H9.Sn/c1-2-10-8(9)7-5-3-4-6-7;3*1-3-4-2;/h2-5H2,1H3;3*1,3-4H2,2H3;. The van der Waals surface area contributed by atoms with Crippen molar-refractivity contribution in [2.75, 3.05) is 6.61 Å². The molecule has 0 aromatic carbocycles. The molecule has 134 valence electrons. The SMILES string of the molecule is CCC[CH2][Sn]([CH2]CCC)([CH2]CCC)[C]1=C(C(=O)OCC)CCC1. The van der Waals surface area contributed by atoms with Crippen molar-refractivity contribution in [3.05, 3.63) is 9.16 Å². The number of allylic oxidation sites excluding steroid dienone is 1. The number of ether oxygens (including phenoxy) is 1. The Hall–Kier alpha value is 0.00870. The quantitative estimate of drug-likeness (QED) is 0.265. The molecule has 0 heterocycles. The van der Waals surface area contributed by atoms with Crippen molar-refractivity contribution < 1.29 is 9.53 Å². The van der Waals surface area contributed by atoms with E-state index in [1.54, 1.807) is 3.59 Å². The molecule has 0 fully saturated rings. The van der Waals surface area contributed by atoms with Crippen LogP contribution >= 0.6 is 0 Å². The van der Waals surface area contributed by atoms with E-state index in [0.29, 0.717) is 6.61 Å². The molecule has 0 bridgehead atoms. The fourth-order valence-corrected chi connectivity index (χ4v) is 22.2. The molecule has 0 saturated carbocycles. The van der Waals surface area contributed by atoms with Crippen molar-refractivity contribution in [1.29, 1.82) is 0 Å². The second kappa shape index (κ2) is 11.5. The first-order chi connectivity index (χ1) is 11.1. The molecule has 0 aromatic heterocycles. The molecule has 1 rings (SSSR count). The van der Waals surface area contributed by atoms with Crippen molar-refractivity contribution in [3.63, 3.8) is 0 Å². The van der Waals surface area contributed by atoms with Crippen molar-refractivity contribution >= 4 is 24.3 Å². The molecule has 0 amide bonds. The van der Waals surface area contributed by atoms with E-state index in [9.17, 15) is 4.79 Å². The normalized spacial score (nSPS) is 15.3. The third kappa shape index (κ3) is 6.10. The van der Waals surface area contributed by atoms with E-state index in [1.807, 2.05) is 6.92 Å². The summed E-state index contributed by atoms with van der Waals surface area (Å²) in [6.07, 6.45) is 11.3. The molecular formula is C20H38O2Sn. The summed E-state index contributed by atoms with van der Waals surface area (Å²) in [7, 11) is 0. The van der Waals surface area contributed by atoms with Crippen molar-refractivity contribution in [3.8, 4) is 0 Å². The first-order valence-corrected chi connectivity index (χ1v) is 17.5.